The SMILES string of the molecule is C=COC(C)C(NC(=O)C[C@H](NC(=O)c1cccc(F)n1)c1ccccc1)C(=O)[C@@H]1C(=O)NC(=O)[C@H]1C. The molecule has 2 heterocycles. The number of pyridine rings is 1. The summed E-state index contributed by atoms with van der Waals surface area (Å²) in [5.74, 6) is -6.40. The molecule has 0 spiro atoms. The van der Waals surface area contributed by atoms with Crippen molar-refractivity contribution in [3.63, 3.8) is 0 Å². The number of ether oxygens (including phenoxy) is 1. The van der Waals surface area contributed by atoms with Crippen LogP contribution in [0.25, 0.3) is 0 Å². The monoisotopic (exact) mass is 510 g/mol. The first-order chi connectivity index (χ1) is 17.6. The minimum atomic E-state index is -1.29. The average Bonchev–Trinajstić information content (AvgIpc) is 3.13. The molecule has 4 amide bonds. The topological polar surface area (TPSA) is 144 Å². The minimum absolute atomic E-state index is 0.173. The smallest absolute Gasteiger partial charge is 0.270 e. The molecule has 10 nitrogen and oxygen atoms in total. The van der Waals surface area contributed by atoms with Crippen molar-refractivity contribution in [1.82, 2.24) is 20.9 Å². The summed E-state index contributed by atoms with van der Waals surface area (Å²) in [4.78, 5) is 66.8. The summed E-state index contributed by atoms with van der Waals surface area (Å²) in [5.41, 5.74) is 0.406. The molecule has 1 aliphatic rings. The fourth-order valence-electron chi connectivity index (χ4n) is 4.03. The van der Waals surface area contributed by atoms with E-state index in [1.165, 1.54) is 26.0 Å². The number of nitrogens with one attached hydrogen (secondary N) is 3. The van der Waals surface area contributed by atoms with Gasteiger partial charge in [0, 0.05) is 0 Å². The van der Waals surface area contributed by atoms with E-state index in [0.29, 0.717) is 5.56 Å². The molecular formula is C26H27FN4O6. The van der Waals surface area contributed by atoms with Gasteiger partial charge in [-0.1, -0.05) is 49.9 Å². The predicted molar refractivity (Wildman–Crippen MR) is 129 cm³/mol. The van der Waals surface area contributed by atoms with Gasteiger partial charge in [0.15, 0.2) is 5.78 Å². The summed E-state index contributed by atoms with van der Waals surface area (Å²) < 4.78 is 18.8. The van der Waals surface area contributed by atoms with Gasteiger partial charge in [-0.3, -0.25) is 29.3 Å². The molecule has 1 fully saturated rings. The van der Waals surface area contributed by atoms with E-state index in [0.717, 1.165) is 12.3 Å². The Morgan fingerprint density at radius 3 is 2.41 bits per heavy atom. The maximum atomic E-state index is 13.5. The van der Waals surface area contributed by atoms with E-state index in [1.807, 2.05) is 0 Å². The number of imide groups is 1. The summed E-state index contributed by atoms with van der Waals surface area (Å²) in [6.45, 7) is 6.41. The fourth-order valence-corrected chi connectivity index (χ4v) is 4.03. The molecule has 0 bridgehead atoms. The summed E-state index contributed by atoms with van der Waals surface area (Å²) >= 11 is 0. The molecule has 0 radical (unpaired) electrons. The van der Waals surface area contributed by atoms with Gasteiger partial charge in [-0.05, 0) is 24.6 Å². The molecule has 1 aromatic heterocycles. The van der Waals surface area contributed by atoms with Crippen molar-refractivity contribution in [3.05, 3.63) is 78.6 Å². The van der Waals surface area contributed by atoms with Gasteiger partial charge in [-0.25, -0.2) is 4.98 Å². The van der Waals surface area contributed by atoms with Crippen LogP contribution in [0.1, 0.15) is 42.4 Å². The van der Waals surface area contributed by atoms with E-state index >= 15 is 0 Å². The number of hydrogen-bond acceptors (Lipinski definition) is 7. The summed E-state index contributed by atoms with van der Waals surface area (Å²) in [7, 11) is 0. The van der Waals surface area contributed by atoms with Gasteiger partial charge in [0.1, 0.15) is 23.8 Å². The molecule has 37 heavy (non-hydrogen) atoms. The number of amides is 4. The molecule has 194 valence electrons. The third kappa shape index (κ3) is 6.63. The number of benzene rings is 1. The molecule has 1 aliphatic heterocycles. The van der Waals surface area contributed by atoms with Crippen LogP contribution in [-0.4, -0.2) is 46.5 Å². The van der Waals surface area contributed by atoms with Crippen LogP contribution in [0.5, 0.6) is 0 Å². The van der Waals surface area contributed by atoms with E-state index in [1.54, 1.807) is 30.3 Å². The highest BCUT2D eigenvalue weighted by atomic mass is 19.1. The highest BCUT2D eigenvalue weighted by Crippen LogP contribution is 2.23. The Morgan fingerprint density at radius 1 is 1.11 bits per heavy atom. The van der Waals surface area contributed by atoms with Crippen LogP contribution in [0, 0.1) is 17.8 Å². The van der Waals surface area contributed by atoms with Crippen molar-refractivity contribution in [1.29, 1.82) is 0 Å². The zero-order valence-electron chi connectivity index (χ0n) is 20.3. The maximum absolute atomic E-state index is 13.5. The van der Waals surface area contributed by atoms with Crippen LogP contribution in [0.4, 0.5) is 4.39 Å². The van der Waals surface area contributed by atoms with Crippen LogP contribution < -0.4 is 16.0 Å². The fraction of sp³-hybridized carbons (Fsp3) is 0.308. The molecule has 11 heteroatoms. The lowest BCUT2D eigenvalue weighted by Gasteiger charge is -2.27. The quantitative estimate of drug-likeness (QED) is 0.180. The number of carbonyl (C=O) groups excluding carboxylic acids is 5. The number of hydrogen-bond donors (Lipinski definition) is 3. The number of nitrogens with zero attached hydrogens (tertiary/aromatic N) is 1. The Balaban J connectivity index is 1.81. The number of halogens is 1. The third-order valence-corrected chi connectivity index (χ3v) is 6.00. The first-order valence-corrected chi connectivity index (χ1v) is 11.5. The second kappa shape index (κ2) is 12.0. The molecule has 0 saturated carbocycles. The summed E-state index contributed by atoms with van der Waals surface area (Å²) in [5, 5.41) is 7.37. The van der Waals surface area contributed by atoms with Gasteiger partial charge >= 0.3 is 0 Å². The van der Waals surface area contributed by atoms with Crippen molar-refractivity contribution in [2.45, 2.75) is 38.5 Å². The lowest BCUT2D eigenvalue weighted by Crippen LogP contribution is -2.52. The number of Topliss-reactive ketones (excluding diaryl/α,β-unsaturated/α-hetero) is 1. The van der Waals surface area contributed by atoms with Gasteiger partial charge < -0.3 is 15.4 Å². The molecule has 3 rings (SSSR count). The van der Waals surface area contributed by atoms with E-state index in [9.17, 15) is 28.4 Å². The number of rotatable bonds is 11. The molecule has 3 N–H and O–H groups in total. The Labute approximate surface area is 212 Å². The van der Waals surface area contributed by atoms with Gasteiger partial charge in [-0.15, -0.1) is 0 Å². The predicted octanol–water partition coefficient (Wildman–Crippen LogP) is 1.59. The number of aromatic nitrogens is 1. The van der Waals surface area contributed by atoms with E-state index in [-0.39, 0.29) is 12.1 Å². The highest BCUT2D eigenvalue weighted by molar-refractivity contribution is 6.16. The zero-order chi connectivity index (χ0) is 27.1. The van der Waals surface area contributed by atoms with Crippen LogP contribution >= 0.6 is 0 Å². The second-order valence-corrected chi connectivity index (χ2v) is 8.56. The first-order valence-electron chi connectivity index (χ1n) is 11.5. The second-order valence-electron chi connectivity index (χ2n) is 8.56. The molecule has 2 unspecified atom stereocenters. The van der Waals surface area contributed by atoms with Crippen molar-refractivity contribution >= 4 is 29.4 Å². The van der Waals surface area contributed by atoms with Crippen LogP contribution in [0.15, 0.2) is 61.4 Å². The van der Waals surface area contributed by atoms with Gasteiger partial charge in [-0.2, -0.15) is 4.39 Å². The lowest BCUT2D eigenvalue weighted by atomic mass is 9.87. The molecule has 1 saturated heterocycles. The molecule has 1 aromatic carbocycles. The van der Waals surface area contributed by atoms with Crippen LogP contribution in [0.3, 0.4) is 0 Å². The summed E-state index contributed by atoms with van der Waals surface area (Å²) in [6.07, 6.45) is -0.119. The van der Waals surface area contributed by atoms with E-state index in [4.69, 9.17) is 4.74 Å². The highest BCUT2D eigenvalue weighted by Gasteiger charge is 2.47. The molecular weight excluding hydrogens is 483 g/mol. The minimum Gasteiger partial charge on any atom is -0.496 e. The van der Waals surface area contributed by atoms with Gasteiger partial charge in [0.2, 0.25) is 23.7 Å². The van der Waals surface area contributed by atoms with E-state index < -0.39 is 65.4 Å². The lowest BCUT2D eigenvalue weighted by molar-refractivity contribution is -0.138. The Kier molecular flexibility index (Phi) is 8.83. The molecule has 5 atom stereocenters. The van der Waals surface area contributed by atoms with Gasteiger partial charge in [0.25, 0.3) is 5.91 Å². The standard InChI is InChI=1S/C26H27FN4O6/c1-4-37-15(3)22(23(33)21-14(2)24(34)31-26(21)36)30-20(32)13-18(16-9-6-5-7-10-16)29-25(35)17-11-8-12-19(27)28-17/h4-12,14-15,18,21-22H,1,13H2,2-3H3,(H,29,35)(H,30,32)(H,31,34,36)/t14-,15?,18-,21+,22?/m0/s1. The first kappa shape index (κ1) is 27.2. The van der Waals surface area contributed by atoms with Crippen molar-refractivity contribution in [2.75, 3.05) is 0 Å². The Morgan fingerprint density at radius 2 is 1.81 bits per heavy atom. The van der Waals surface area contributed by atoms with Crippen molar-refractivity contribution in [3.8, 4) is 0 Å². The van der Waals surface area contributed by atoms with Gasteiger partial charge in [0.05, 0.1) is 24.6 Å². The van der Waals surface area contributed by atoms with Crippen molar-refractivity contribution in [2.24, 2.45) is 11.8 Å². The number of ketones is 1. The normalized spacial score (nSPS) is 19.2. The van der Waals surface area contributed by atoms with E-state index in [2.05, 4.69) is 27.5 Å². The third-order valence-electron chi connectivity index (χ3n) is 6.00. The molecule has 2 aromatic rings. The number of carbonyl (C=O) groups is 5. The zero-order valence-corrected chi connectivity index (χ0v) is 20.3. The molecule has 0 aliphatic carbocycles. The largest absolute Gasteiger partial charge is 0.496 e. The Hall–Kier alpha value is -4.41. The average molecular weight is 511 g/mol. The maximum Gasteiger partial charge on any atom is 0.270 e. The summed E-state index contributed by atoms with van der Waals surface area (Å²) in [6, 6.07) is 10.2. The van der Waals surface area contributed by atoms with Crippen LogP contribution in [-0.2, 0) is 23.9 Å². The Bertz CT molecular complexity index is 1200. The van der Waals surface area contributed by atoms with Crippen LogP contribution in [0.2, 0.25) is 0 Å². The van der Waals surface area contributed by atoms with Crippen molar-refractivity contribution < 1.29 is 33.1 Å².